The Labute approximate surface area is 112 Å². The van der Waals surface area contributed by atoms with Gasteiger partial charge in [0, 0.05) is 31.2 Å². The highest BCUT2D eigenvalue weighted by Gasteiger charge is 2.26. The van der Waals surface area contributed by atoms with Gasteiger partial charge in [-0.15, -0.1) is 0 Å². The minimum atomic E-state index is 0.359. The molecule has 0 bridgehead atoms. The Balaban J connectivity index is 1.71. The van der Waals surface area contributed by atoms with Crippen LogP contribution in [0.2, 0.25) is 0 Å². The molecular weight excluding hydrogens is 224 g/mol. The summed E-state index contributed by atoms with van der Waals surface area (Å²) >= 11 is 0. The predicted molar refractivity (Wildman–Crippen MR) is 76.7 cm³/mol. The molecule has 4 N–H and O–H groups in total. The fourth-order valence-corrected chi connectivity index (χ4v) is 3.41. The summed E-state index contributed by atoms with van der Waals surface area (Å²) in [6.07, 6.45) is 5.10. The normalized spacial score (nSPS) is 36.5. The van der Waals surface area contributed by atoms with Crippen LogP contribution in [0.1, 0.15) is 32.6 Å². The number of hydrogen-bond acceptors (Lipinski definition) is 4. The zero-order valence-electron chi connectivity index (χ0n) is 12.0. The molecule has 0 saturated carbocycles. The molecule has 2 unspecified atom stereocenters. The first kappa shape index (κ1) is 14.3. The van der Waals surface area contributed by atoms with E-state index in [4.69, 9.17) is 5.73 Å². The molecule has 0 aromatic heterocycles. The summed E-state index contributed by atoms with van der Waals surface area (Å²) in [6.45, 7) is 6.90. The molecule has 4 heteroatoms. The van der Waals surface area contributed by atoms with Crippen LogP contribution >= 0.6 is 0 Å². The van der Waals surface area contributed by atoms with Crippen molar-refractivity contribution in [1.29, 1.82) is 0 Å². The van der Waals surface area contributed by atoms with Gasteiger partial charge >= 0.3 is 0 Å². The van der Waals surface area contributed by atoms with Gasteiger partial charge < -0.3 is 21.3 Å². The smallest absolute Gasteiger partial charge is 0.0197 e. The van der Waals surface area contributed by atoms with E-state index in [9.17, 15) is 0 Å². The number of piperidine rings is 2. The van der Waals surface area contributed by atoms with Crippen LogP contribution in [-0.4, -0.2) is 56.3 Å². The third-order valence-electron chi connectivity index (χ3n) is 4.48. The molecule has 0 aromatic rings. The van der Waals surface area contributed by atoms with Crippen LogP contribution in [0, 0.1) is 5.92 Å². The summed E-state index contributed by atoms with van der Waals surface area (Å²) in [4.78, 5) is 2.35. The summed E-state index contributed by atoms with van der Waals surface area (Å²) in [5.41, 5.74) is 6.27. The van der Waals surface area contributed by atoms with Crippen LogP contribution in [0.25, 0.3) is 0 Å². The van der Waals surface area contributed by atoms with Crippen LogP contribution in [0.5, 0.6) is 0 Å². The largest absolute Gasteiger partial charge is 0.326 e. The third-order valence-corrected chi connectivity index (χ3v) is 4.48. The quantitative estimate of drug-likeness (QED) is 0.679. The maximum Gasteiger partial charge on any atom is 0.0197 e. The predicted octanol–water partition coefficient (Wildman–Crippen LogP) is 0.386. The zero-order chi connectivity index (χ0) is 13.0. The van der Waals surface area contributed by atoms with Gasteiger partial charge in [-0.1, -0.05) is 0 Å². The number of nitrogens with two attached hydrogens (primary N) is 1. The number of hydrogen-bond donors (Lipinski definition) is 3. The summed E-state index contributed by atoms with van der Waals surface area (Å²) in [7, 11) is 2.17. The summed E-state index contributed by atoms with van der Waals surface area (Å²) in [6, 6.07) is 1.61. The summed E-state index contributed by atoms with van der Waals surface area (Å²) < 4.78 is 0. The van der Waals surface area contributed by atoms with E-state index in [1.165, 1.54) is 38.8 Å². The number of nitrogens with one attached hydrogen (secondary N) is 2. The van der Waals surface area contributed by atoms with Crippen molar-refractivity contribution in [3.63, 3.8) is 0 Å². The van der Waals surface area contributed by atoms with Crippen molar-refractivity contribution < 1.29 is 0 Å². The lowest BCUT2D eigenvalue weighted by Gasteiger charge is -2.37. The number of likely N-dealkylation sites (N-methyl/N-ethyl adjacent to an activating group) is 1. The molecular formula is C14H30N4. The van der Waals surface area contributed by atoms with Crippen molar-refractivity contribution in [2.75, 3.05) is 33.2 Å². The molecule has 0 aromatic carbocycles. The minimum absolute atomic E-state index is 0.359. The molecule has 0 amide bonds. The molecule has 2 fully saturated rings. The van der Waals surface area contributed by atoms with Crippen molar-refractivity contribution in [2.45, 2.75) is 50.7 Å². The van der Waals surface area contributed by atoms with Gasteiger partial charge in [0.05, 0.1) is 0 Å². The Morgan fingerprint density at radius 3 is 2.94 bits per heavy atom. The van der Waals surface area contributed by atoms with Gasteiger partial charge in [0.1, 0.15) is 0 Å². The van der Waals surface area contributed by atoms with Crippen molar-refractivity contribution in [3.05, 3.63) is 0 Å². The van der Waals surface area contributed by atoms with Crippen LogP contribution in [0.4, 0.5) is 0 Å². The fraction of sp³-hybridized carbons (Fsp3) is 1.00. The Hall–Kier alpha value is -0.160. The van der Waals surface area contributed by atoms with Crippen LogP contribution in [0.15, 0.2) is 0 Å². The molecule has 4 nitrogen and oxygen atoms in total. The van der Waals surface area contributed by atoms with Crippen LogP contribution in [0.3, 0.4) is 0 Å². The summed E-state index contributed by atoms with van der Waals surface area (Å²) in [5, 5.41) is 7.23. The molecule has 2 saturated heterocycles. The highest BCUT2D eigenvalue weighted by Crippen LogP contribution is 2.20. The van der Waals surface area contributed by atoms with E-state index in [0.29, 0.717) is 24.0 Å². The molecule has 0 radical (unpaired) electrons. The van der Waals surface area contributed by atoms with Gasteiger partial charge in [0.25, 0.3) is 0 Å². The van der Waals surface area contributed by atoms with E-state index in [-0.39, 0.29) is 0 Å². The Morgan fingerprint density at radius 1 is 1.44 bits per heavy atom. The lowest BCUT2D eigenvalue weighted by molar-refractivity contribution is 0.171. The average molecular weight is 254 g/mol. The van der Waals surface area contributed by atoms with E-state index in [1.54, 1.807) is 0 Å². The van der Waals surface area contributed by atoms with E-state index >= 15 is 0 Å². The van der Waals surface area contributed by atoms with E-state index in [1.807, 2.05) is 0 Å². The molecule has 2 aliphatic rings. The molecule has 2 aliphatic heterocycles. The SMILES string of the molecule is CC(CC1CCN(C)C[C@H]1N)N[C@@H]1CCCNC1. The zero-order valence-corrected chi connectivity index (χ0v) is 12.0. The first-order valence-electron chi connectivity index (χ1n) is 7.56. The highest BCUT2D eigenvalue weighted by atomic mass is 15.1. The van der Waals surface area contributed by atoms with Gasteiger partial charge in [-0.05, 0) is 58.7 Å². The second kappa shape index (κ2) is 6.85. The first-order valence-corrected chi connectivity index (χ1v) is 7.56. The second-order valence-electron chi connectivity index (χ2n) is 6.32. The highest BCUT2D eigenvalue weighted by molar-refractivity contribution is 4.85. The molecule has 2 heterocycles. The summed E-state index contributed by atoms with van der Waals surface area (Å²) in [5.74, 6) is 0.695. The average Bonchev–Trinajstić information content (AvgIpc) is 2.34. The topological polar surface area (TPSA) is 53.3 Å². The third kappa shape index (κ3) is 4.19. The molecule has 2 rings (SSSR count). The Morgan fingerprint density at radius 2 is 2.28 bits per heavy atom. The van der Waals surface area contributed by atoms with Gasteiger partial charge in [-0.3, -0.25) is 0 Å². The molecule has 0 spiro atoms. The molecule has 4 atom stereocenters. The first-order chi connectivity index (χ1) is 8.65. The lowest BCUT2D eigenvalue weighted by atomic mass is 9.87. The second-order valence-corrected chi connectivity index (χ2v) is 6.32. The van der Waals surface area contributed by atoms with Gasteiger partial charge in [-0.2, -0.15) is 0 Å². The lowest BCUT2D eigenvalue weighted by Crippen LogP contribution is -2.51. The van der Waals surface area contributed by atoms with Crippen LogP contribution < -0.4 is 16.4 Å². The Kier molecular flexibility index (Phi) is 5.42. The maximum atomic E-state index is 6.27. The van der Waals surface area contributed by atoms with E-state index in [2.05, 4.69) is 29.5 Å². The molecule has 0 aliphatic carbocycles. The van der Waals surface area contributed by atoms with Crippen molar-refractivity contribution in [1.82, 2.24) is 15.5 Å². The molecule has 106 valence electrons. The maximum absolute atomic E-state index is 6.27. The van der Waals surface area contributed by atoms with Gasteiger partial charge in [0.15, 0.2) is 0 Å². The number of likely N-dealkylation sites (tertiary alicyclic amines) is 1. The van der Waals surface area contributed by atoms with Crippen molar-refractivity contribution in [3.8, 4) is 0 Å². The van der Waals surface area contributed by atoms with E-state index in [0.717, 1.165) is 13.1 Å². The standard InChI is InChI=1S/C14H30N4/c1-11(17-13-4-3-6-16-9-13)8-12-5-7-18(2)10-14(12)15/h11-14,16-17H,3-10,15H2,1-2H3/t11?,12?,13-,14-/m1/s1. The van der Waals surface area contributed by atoms with Crippen molar-refractivity contribution in [2.24, 2.45) is 11.7 Å². The Bertz CT molecular complexity index is 240. The number of rotatable bonds is 4. The minimum Gasteiger partial charge on any atom is -0.326 e. The monoisotopic (exact) mass is 254 g/mol. The van der Waals surface area contributed by atoms with Crippen molar-refractivity contribution >= 4 is 0 Å². The van der Waals surface area contributed by atoms with E-state index < -0.39 is 0 Å². The number of nitrogens with zero attached hydrogens (tertiary/aromatic N) is 1. The molecule has 18 heavy (non-hydrogen) atoms. The fourth-order valence-electron chi connectivity index (χ4n) is 3.41. The van der Waals surface area contributed by atoms with Gasteiger partial charge in [-0.25, -0.2) is 0 Å². The van der Waals surface area contributed by atoms with Gasteiger partial charge in [0.2, 0.25) is 0 Å². The van der Waals surface area contributed by atoms with Crippen LogP contribution in [-0.2, 0) is 0 Å².